The monoisotopic (exact) mass is 477 g/mol. The maximum Gasteiger partial charge on any atom is 0.251 e. The van der Waals surface area contributed by atoms with Crippen LogP contribution in [-0.4, -0.2) is 44.3 Å². The van der Waals surface area contributed by atoms with Crippen molar-refractivity contribution in [2.75, 3.05) is 20.7 Å². The van der Waals surface area contributed by atoms with E-state index in [2.05, 4.69) is 10.3 Å². The minimum Gasteiger partial charge on any atom is -0.495 e. The summed E-state index contributed by atoms with van der Waals surface area (Å²) in [5.41, 5.74) is 3.27. The molecule has 1 amide bonds. The van der Waals surface area contributed by atoms with Gasteiger partial charge in [0.2, 0.25) is 10.0 Å². The van der Waals surface area contributed by atoms with E-state index in [1.807, 2.05) is 60.8 Å². The van der Waals surface area contributed by atoms with Crippen molar-refractivity contribution in [1.29, 1.82) is 0 Å². The molecule has 3 aromatic carbocycles. The molecule has 0 saturated carbocycles. The molecule has 8 heteroatoms. The lowest BCUT2D eigenvalue weighted by molar-refractivity contribution is 0.0954. The van der Waals surface area contributed by atoms with Crippen molar-refractivity contribution in [2.24, 2.45) is 0 Å². The van der Waals surface area contributed by atoms with E-state index in [1.54, 1.807) is 6.07 Å². The van der Waals surface area contributed by atoms with Gasteiger partial charge >= 0.3 is 0 Å². The number of carbonyl (C=O) groups is 1. The first-order valence-corrected chi connectivity index (χ1v) is 12.4. The minimum absolute atomic E-state index is 0.0438. The Morgan fingerprint density at radius 1 is 1.03 bits per heavy atom. The molecule has 0 bridgehead atoms. The Labute approximate surface area is 199 Å². The standard InChI is InChI=1S/C26H27N3O4S/c1-29(18-19-8-4-3-5-9-19)34(31,32)25-16-20(12-13-24(25)33-2)26(30)27-15-14-21-17-28-23-11-7-6-10-22(21)23/h3-13,16-17,28H,14-15,18H2,1-2H3,(H,27,30). The minimum atomic E-state index is -3.89. The fraction of sp³-hybridized carbons (Fsp3) is 0.192. The lowest BCUT2D eigenvalue weighted by Crippen LogP contribution is -2.28. The molecule has 0 aliphatic heterocycles. The van der Waals surface area contributed by atoms with Gasteiger partial charge in [-0.1, -0.05) is 48.5 Å². The number of para-hydroxylation sites is 1. The normalized spacial score (nSPS) is 11.6. The zero-order valence-electron chi connectivity index (χ0n) is 19.1. The van der Waals surface area contributed by atoms with Crippen molar-refractivity contribution in [2.45, 2.75) is 17.9 Å². The van der Waals surface area contributed by atoms with E-state index in [1.165, 1.54) is 30.6 Å². The van der Waals surface area contributed by atoms with Gasteiger partial charge in [-0.3, -0.25) is 4.79 Å². The van der Waals surface area contributed by atoms with E-state index in [-0.39, 0.29) is 28.7 Å². The molecule has 0 fully saturated rings. The Kier molecular flexibility index (Phi) is 7.00. The number of ether oxygens (including phenoxy) is 1. The highest BCUT2D eigenvalue weighted by Crippen LogP contribution is 2.28. The van der Waals surface area contributed by atoms with Gasteiger partial charge in [-0.2, -0.15) is 4.31 Å². The Bertz CT molecular complexity index is 1400. The number of amides is 1. The highest BCUT2D eigenvalue weighted by atomic mass is 32.2. The fourth-order valence-electron chi connectivity index (χ4n) is 3.86. The van der Waals surface area contributed by atoms with Crippen LogP contribution in [0, 0.1) is 0 Å². The van der Waals surface area contributed by atoms with E-state index >= 15 is 0 Å². The van der Waals surface area contributed by atoms with Crippen LogP contribution in [-0.2, 0) is 23.0 Å². The van der Waals surface area contributed by atoms with E-state index in [4.69, 9.17) is 4.74 Å². The van der Waals surface area contributed by atoms with E-state index in [0.29, 0.717) is 13.0 Å². The van der Waals surface area contributed by atoms with Crippen LogP contribution in [0.25, 0.3) is 10.9 Å². The van der Waals surface area contributed by atoms with E-state index in [9.17, 15) is 13.2 Å². The third kappa shape index (κ3) is 4.98. The van der Waals surface area contributed by atoms with Gasteiger partial charge in [-0.15, -0.1) is 0 Å². The van der Waals surface area contributed by atoms with Gasteiger partial charge in [-0.25, -0.2) is 8.42 Å². The molecule has 0 atom stereocenters. The molecule has 2 N–H and O–H groups in total. The largest absolute Gasteiger partial charge is 0.495 e. The number of sulfonamides is 1. The quantitative estimate of drug-likeness (QED) is 0.382. The maximum atomic E-state index is 13.3. The van der Waals surface area contributed by atoms with Gasteiger partial charge in [0.15, 0.2) is 0 Å². The van der Waals surface area contributed by atoms with Gasteiger partial charge in [0, 0.05) is 42.8 Å². The number of benzene rings is 3. The average Bonchev–Trinajstić information content (AvgIpc) is 3.27. The Balaban J connectivity index is 1.49. The summed E-state index contributed by atoms with van der Waals surface area (Å²) >= 11 is 0. The SMILES string of the molecule is COc1ccc(C(=O)NCCc2c[nH]c3ccccc23)cc1S(=O)(=O)N(C)Cc1ccccc1. The molecule has 7 nitrogen and oxygen atoms in total. The first-order chi connectivity index (χ1) is 16.4. The highest BCUT2D eigenvalue weighted by molar-refractivity contribution is 7.89. The number of aromatic nitrogens is 1. The summed E-state index contributed by atoms with van der Waals surface area (Å²) in [6.45, 7) is 0.621. The van der Waals surface area contributed by atoms with Crippen LogP contribution in [0.4, 0.5) is 0 Å². The first-order valence-electron chi connectivity index (χ1n) is 10.9. The second-order valence-electron chi connectivity index (χ2n) is 7.98. The third-order valence-electron chi connectivity index (χ3n) is 5.72. The molecule has 0 radical (unpaired) electrons. The van der Waals surface area contributed by atoms with Crippen molar-refractivity contribution >= 4 is 26.8 Å². The number of hydrogen-bond acceptors (Lipinski definition) is 4. The summed E-state index contributed by atoms with van der Waals surface area (Å²) < 4.78 is 33.1. The van der Waals surface area contributed by atoms with Crippen LogP contribution < -0.4 is 10.1 Å². The van der Waals surface area contributed by atoms with E-state index < -0.39 is 10.0 Å². The first kappa shape index (κ1) is 23.5. The van der Waals surface area contributed by atoms with Gasteiger partial charge in [0.1, 0.15) is 10.6 Å². The number of methoxy groups -OCH3 is 1. The van der Waals surface area contributed by atoms with Crippen molar-refractivity contribution in [1.82, 2.24) is 14.6 Å². The molecule has 34 heavy (non-hydrogen) atoms. The summed E-state index contributed by atoms with van der Waals surface area (Å²) in [7, 11) is -0.973. The van der Waals surface area contributed by atoms with Crippen LogP contribution in [0.3, 0.4) is 0 Å². The van der Waals surface area contributed by atoms with Crippen molar-refractivity contribution < 1.29 is 17.9 Å². The molecule has 0 aliphatic carbocycles. The second kappa shape index (κ2) is 10.1. The predicted molar refractivity (Wildman–Crippen MR) is 132 cm³/mol. The molecule has 1 aromatic heterocycles. The molecule has 0 spiro atoms. The Morgan fingerprint density at radius 2 is 1.76 bits per heavy atom. The molecular weight excluding hydrogens is 450 g/mol. The van der Waals surface area contributed by atoms with Gasteiger partial charge < -0.3 is 15.0 Å². The van der Waals surface area contributed by atoms with Gasteiger partial charge in [0.05, 0.1) is 7.11 Å². The summed E-state index contributed by atoms with van der Waals surface area (Å²) in [4.78, 5) is 16.0. The molecule has 1 heterocycles. The van der Waals surface area contributed by atoms with Crippen LogP contribution >= 0.6 is 0 Å². The topological polar surface area (TPSA) is 91.5 Å². The number of hydrogen-bond donors (Lipinski definition) is 2. The zero-order chi connectivity index (χ0) is 24.1. The number of carbonyl (C=O) groups excluding carboxylic acids is 1. The Hall–Kier alpha value is -3.62. The molecule has 0 aliphatic rings. The van der Waals surface area contributed by atoms with Crippen molar-refractivity contribution in [3.05, 3.63) is 95.7 Å². The summed E-state index contributed by atoms with van der Waals surface area (Å²) in [5.74, 6) is -0.153. The van der Waals surface area contributed by atoms with Crippen LogP contribution in [0.2, 0.25) is 0 Å². The molecule has 0 unspecified atom stereocenters. The van der Waals surface area contributed by atoms with Crippen LogP contribution in [0.15, 0.2) is 83.9 Å². The average molecular weight is 478 g/mol. The number of fused-ring (bicyclic) bond motifs is 1. The summed E-state index contributed by atoms with van der Waals surface area (Å²) in [6.07, 6.45) is 2.59. The molecule has 0 saturated heterocycles. The fourth-order valence-corrected chi connectivity index (χ4v) is 5.20. The smallest absolute Gasteiger partial charge is 0.251 e. The van der Waals surface area contributed by atoms with Crippen LogP contribution in [0.1, 0.15) is 21.5 Å². The van der Waals surface area contributed by atoms with E-state index in [0.717, 1.165) is 22.0 Å². The summed E-state index contributed by atoms with van der Waals surface area (Å²) in [5, 5.41) is 4.01. The number of rotatable bonds is 9. The molecule has 4 aromatic rings. The molecule has 4 rings (SSSR count). The van der Waals surface area contributed by atoms with Crippen LogP contribution in [0.5, 0.6) is 5.75 Å². The number of aromatic amines is 1. The summed E-state index contributed by atoms with van der Waals surface area (Å²) in [6, 6.07) is 21.8. The number of nitrogens with zero attached hydrogens (tertiary/aromatic N) is 1. The van der Waals surface area contributed by atoms with Gasteiger partial charge in [0.25, 0.3) is 5.91 Å². The lowest BCUT2D eigenvalue weighted by atomic mass is 10.1. The molecular formula is C26H27N3O4S. The lowest BCUT2D eigenvalue weighted by Gasteiger charge is -2.19. The zero-order valence-corrected chi connectivity index (χ0v) is 19.9. The maximum absolute atomic E-state index is 13.3. The highest BCUT2D eigenvalue weighted by Gasteiger charge is 2.26. The number of H-pyrrole nitrogens is 1. The Morgan fingerprint density at radius 3 is 2.53 bits per heavy atom. The second-order valence-corrected chi connectivity index (χ2v) is 9.99. The van der Waals surface area contributed by atoms with Crippen molar-refractivity contribution in [3.8, 4) is 5.75 Å². The predicted octanol–water partition coefficient (Wildman–Crippen LogP) is 3.97. The number of nitrogens with one attached hydrogen (secondary N) is 2. The third-order valence-corrected chi connectivity index (χ3v) is 7.54. The molecule has 176 valence electrons. The van der Waals surface area contributed by atoms with Crippen molar-refractivity contribution in [3.63, 3.8) is 0 Å². The van der Waals surface area contributed by atoms with Gasteiger partial charge in [-0.05, 0) is 41.8 Å².